The quantitative estimate of drug-likeness (QED) is 0.210. The largest absolute Gasteiger partial charge is 0.481 e. The van der Waals surface area contributed by atoms with E-state index in [1.807, 2.05) is 0 Å². The lowest BCUT2D eigenvalue weighted by Crippen LogP contribution is -2.24. The Morgan fingerprint density at radius 2 is 0.875 bits per heavy atom. The van der Waals surface area contributed by atoms with Crippen LogP contribution in [0.15, 0.2) is 0 Å². The van der Waals surface area contributed by atoms with Crippen LogP contribution >= 0.6 is 37.9 Å². The molecule has 0 amide bonds. The van der Waals surface area contributed by atoms with Crippen LogP contribution in [-0.4, -0.2) is 71.8 Å². The number of thiol groups is 3. The molecular formula is C12H26O9S3. The average Bonchev–Trinajstić information content (AvgIpc) is 2.39. The third-order valence-corrected chi connectivity index (χ3v) is 2.12. The molecule has 24 heavy (non-hydrogen) atoms. The minimum Gasteiger partial charge on any atom is -0.481 e. The number of rotatable bonds is 7. The maximum atomic E-state index is 9.55. The minimum absolute atomic E-state index is 0.0625. The van der Waals surface area contributed by atoms with Crippen molar-refractivity contribution in [2.24, 2.45) is 0 Å². The van der Waals surface area contributed by atoms with Crippen molar-refractivity contribution in [2.75, 3.05) is 17.3 Å². The molecule has 0 aliphatic carbocycles. The molecule has 0 unspecified atom stereocenters. The van der Waals surface area contributed by atoms with Gasteiger partial charge in [0.05, 0.1) is 19.3 Å². The van der Waals surface area contributed by atoms with Crippen LogP contribution in [0.4, 0.5) is 0 Å². The van der Waals surface area contributed by atoms with E-state index in [9.17, 15) is 14.4 Å². The van der Waals surface area contributed by atoms with Gasteiger partial charge in [0.15, 0.2) is 0 Å². The number of aliphatic carboxylic acids is 3. The Kier molecular flexibility index (Phi) is 29.0. The zero-order valence-electron chi connectivity index (χ0n) is 13.2. The van der Waals surface area contributed by atoms with Crippen LogP contribution in [0.1, 0.15) is 32.6 Å². The molecule has 0 bridgehead atoms. The molecule has 0 rings (SSSR count). The van der Waals surface area contributed by atoms with Gasteiger partial charge in [-0.3, -0.25) is 14.4 Å². The lowest BCUT2D eigenvalue weighted by atomic mass is 10.4. The van der Waals surface area contributed by atoms with Gasteiger partial charge in [0.25, 0.3) is 5.97 Å². The third-order valence-electron chi connectivity index (χ3n) is 1.45. The van der Waals surface area contributed by atoms with Gasteiger partial charge in [-0.15, -0.1) is 0 Å². The van der Waals surface area contributed by atoms with E-state index in [0.29, 0.717) is 17.3 Å². The monoisotopic (exact) mass is 410 g/mol. The Bertz CT molecular complexity index is 281. The van der Waals surface area contributed by atoms with Gasteiger partial charge in [0.1, 0.15) is 0 Å². The molecule has 0 spiro atoms. The summed E-state index contributed by atoms with van der Waals surface area (Å²) in [6, 6.07) is 0. The predicted octanol–water partition coefficient (Wildman–Crippen LogP) is 0.200. The van der Waals surface area contributed by atoms with Gasteiger partial charge in [0.2, 0.25) is 0 Å². The fraction of sp³-hybridized carbons (Fsp3) is 0.750. The molecule has 0 fully saturated rings. The summed E-state index contributed by atoms with van der Waals surface area (Å²) in [5.74, 6) is -3.54. The molecule has 9 nitrogen and oxygen atoms in total. The van der Waals surface area contributed by atoms with E-state index in [1.54, 1.807) is 0 Å². The predicted molar refractivity (Wildman–Crippen MR) is 98.0 cm³/mol. The van der Waals surface area contributed by atoms with Crippen molar-refractivity contribution in [1.82, 2.24) is 0 Å². The van der Waals surface area contributed by atoms with Gasteiger partial charge < -0.3 is 30.6 Å². The van der Waals surface area contributed by atoms with E-state index in [2.05, 4.69) is 37.9 Å². The molecule has 0 aromatic rings. The average molecular weight is 411 g/mol. The number of hydrogen-bond donors (Lipinski definition) is 9. The second-order valence-electron chi connectivity index (χ2n) is 3.73. The van der Waals surface area contributed by atoms with Crippen LogP contribution in [0.2, 0.25) is 0 Å². The Morgan fingerprint density at radius 3 is 0.875 bits per heavy atom. The van der Waals surface area contributed by atoms with Gasteiger partial charge in [0, 0.05) is 23.7 Å². The van der Waals surface area contributed by atoms with Crippen LogP contribution < -0.4 is 0 Å². The number of aliphatic hydroxyl groups is 3. The van der Waals surface area contributed by atoms with E-state index in [1.165, 1.54) is 6.92 Å². The van der Waals surface area contributed by atoms with Crippen molar-refractivity contribution >= 4 is 55.8 Å². The summed E-state index contributed by atoms with van der Waals surface area (Å²) in [6.45, 7) is 1.46. The second kappa shape index (κ2) is 22.3. The molecule has 0 atom stereocenters. The van der Waals surface area contributed by atoms with E-state index in [-0.39, 0.29) is 25.7 Å². The van der Waals surface area contributed by atoms with Crippen molar-refractivity contribution in [2.45, 2.75) is 38.6 Å². The summed E-state index contributed by atoms with van der Waals surface area (Å²) >= 11 is 11.0. The Balaban J connectivity index is -0.000000111. The minimum atomic E-state index is -2.46. The van der Waals surface area contributed by atoms with E-state index in [4.69, 9.17) is 30.6 Å². The maximum absolute atomic E-state index is 9.55. The fourth-order valence-electron chi connectivity index (χ4n) is 0.287. The fourth-order valence-corrected chi connectivity index (χ4v) is 0.861. The summed E-state index contributed by atoms with van der Waals surface area (Å²) in [7, 11) is 0. The highest BCUT2D eigenvalue weighted by Gasteiger charge is 2.11. The Hall–Kier alpha value is -0.660. The molecule has 0 radical (unpaired) electrons. The van der Waals surface area contributed by atoms with Crippen molar-refractivity contribution in [3.8, 4) is 0 Å². The van der Waals surface area contributed by atoms with Crippen LogP contribution in [0.3, 0.4) is 0 Å². The van der Waals surface area contributed by atoms with Crippen molar-refractivity contribution in [3.05, 3.63) is 0 Å². The Morgan fingerprint density at radius 1 is 0.708 bits per heavy atom. The first-order valence-corrected chi connectivity index (χ1v) is 8.42. The standard InChI is InChI=1S/C3H8O3.3C3H6O2S/c1-2-3(4,5)6;3*4-3(5)1-2-6/h4-6H,2H2,1H3;3*6H,1-2H2,(H,4,5). The SMILES string of the molecule is CCC(O)(O)O.O=C(O)CCS.O=C(O)CCS.O=C(O)CCS. The Labute approximate surface area is 156 Å². The summed E-state index contributed by atoms with van der Waals surface area (Å²) in [5, 5.41) is 47.4. The van der Waals surface area contributed by atoms with Gasteiger partial charge in [-0.1, -0.05) is 6.92 Å². The molecule has 0 aliphatic heterocycles. The molecule has 0 saturated heterocycles. The highest BCUT2D eigenvalue weighted by atomic mass is 32.1. The second-order valence-corrected chi connectivity index (χ2v) is 5.07. The molecule has 0 heterocycles. The zero-order chi connectivity index (χ0) is 20.2. The maximum Gasteiger partial charge on any atom is 0.304 e. The number of carboxylic acid groups (broad SMARTS) is 3. The van der Waals surface area contributed by atoms with Gasteiger partial charge >= 0.3 is 17.9 Å². The molecule has 146 valence electrons. The van der Waals surface area contributed by atoms with Crippen LogP contribution in [-0.2, 0) is 14.4 Å². The topological polar surface area (TPSA) is 173 Å². The van der Waals surface area contributed by atoms with E-state index in [0.717, 1.165) is 0 Å². The summed E-state index contributed by atoms with van der Waals surface area (Å²) in [6.07, 6.45) is 0.405. The van der Waals surface area contributed by atoms with Gasteiger partial charge in [-0.05, 0) is 0 Å². The molecular weight excluding hydrogens is 384 g/mol. The smallest absolute Gasteiger partial charge is 0.304 e. The van der Waals surface area contributed by atoms with Crippen molar-refractivity contribution < 1.29 is 45.0 Å². The van der Waals surface area contributed by atoms with Gasteiger partial charge in [-0.25, -0.2) is 0 Å². The first-order chi connectivity index (χ1) is 10.9. The molecule has 12 heteroatoms. The van der Waals surface area contributed by atoms with Gasteiger partial charge in [-0.2, -0.15) is 37.9 Å². The molecule has 0 saturated carbocycles. The van der Waals surface area contributed by atoms with Crippen LogP contribution in [0.25, 0.3) is 0 Å². The lowest BCUT2D eigenvalue weighted by Gasteiger charge is -2.08. The zero-order valence-corrected chi connectivity index (χ0v) is 15.9. The third kappa shape index (κ3) is 68.7. The molecule has 0 aromatic heterocycles. The summed E-state index contributed by atoms with van der Waals surface area (Å²) in [5.41, 5.74) is 0. The lowest BCUT2D eigenvalue weighted by molar-refractivity contribution is -0.312. The number of carbonyl (C=O) groups is 3. The highest BCUT2D eigenvalue weighted by molar-refractivity contribution is 7.80. The summed E-state index contributed by atoms with van der Waals surface area (Å²) in [4.78, 5) is 28.7. The first kappa shape index (κ1) is 31.1. The first-order valence-electron chi connectivity index (χ1n) is 6.52. The molecule has 0 aromatic carbocycles. The van der Waals surface area contributed by atoms with Crippen molar-refractivity contribution in [3.63, 3.8) is 0 Å². The van der Waals surface area contributed by atoms with E-state index < -0.39 is 23.9 Å². The number of hydrogen-bond acceptors (Lipinski definition) is 9. The number of carboxylic acids is 3. The molecule has 0 aliphatic rings. The van der Waals surface area contributed by atoms with E-state index >= 15 is 0 Å². The molecule has 6 N–H and O–H groups in total. The highest BCUT2D eigenvalue weighted by Crippen LogP contribution is 1.95. The van der Waals surface area contributed by atoms with Crippen molar-refractivity contribution in [1.29, 1.82) is 0 Å². The normalized spacial score (nSPS) is 9.12. The van der Waals surface area contributed by atoms with Crippen LogP contribution in [0.5, 0.6) is 0 Å². The summed E-state index contributed by atoms with van der Waals surface area (Å²) < 4.78 is 0. The van der Waals surface area contributed by atoms with Crippen LogP contribution in [0, 0.1) is 0 Å².